The van der Waals surface area contributed by atoms with Crippen LogP contribution in [0.15, 0.2) is 41.0 Å². The van der Waals surface area contributed by atoms with E-state index in [0.717, 1.165) is 24.1 Å². The summed E-state index contributed by atoms with van der Waals surface area (Å²) < 4.78 is 39.6. The van der Waals surface area contributed by atoms with Crippen LogP contribution in [0.25, 0.3) is 16.6 Å². The highest BCUT2D eigenvalue weighted by molar-refractivity contribution is 5.92. The molecule has 3 aromatic rings. The third-order valence-electron chi connectivity index (χ3n) is 6.07. The lowest BCUT2D eigenvalue weighted by molar-refractivity contribution is -0.139. The molecule has 0 atom stereocenters. The summed E-state index contributed by atoms with van der Waals surface area (Å²) >= 11 is 0. The number of halogens is 3. The van der Waals surface area contributed by atoms with Crippen LogP contribution in [-0.4, -0.2) is 45.9 Å². The normalized spacial score (nSPS) is 15.1. The monoisotopic (exact) mass is 471 g/mol. The summed E-state index contributed by atoms with van der Waals surface area (Å²) in [7, 11) is 1.56. The Bertz CT molecular complexity index is 1340. The van der Waals surface area contributed by atoms with E-state index in [9.17, 15) is 22.8 Å². The second-order valence-electron chi connectivity index (χ2n) is 8.42. The number of nitrogens with zero attached hydrogens (tertiary/aromatic N) is 3. The first-order chi connectivity index (χ1) is 16.1. The molecule has 2 N–H and O–H groups in total. The molecule has 178 valence electrons. The van der Waals surface area contributed by atoms with Gasteiger partial charge in [0.25, 0.3) is 11.5 Å². The Labute approximate surface area is 193 Å². The smallest absolute Gasteiger partial charge is 0.354 e. The maximum atomic E-state index is 13.2. The third-order valence-corrected chi connectivity index (χ3v) is 6.07. The van der Waals surface area contributed by atoms with E-state index in [1.165, 1.54) is 18.1 Å². The summed E-state index contributed by atoms with van der Waals surface area (Å²) in [6.07, 6.45) is -0.678. The molecule has 34 heavy (non-hydrogen) atoms. The fraction of sp³-hybridized carbons (Fsp3) is 0.333. The van der Waals surface area contributed by atoms with Crippen molar-refractivity contribution in [1.29, 1.82) is 0 Å². The molecule has 0 radical (unpaired) electrons. The quantitative estimate of drug-likeness (QED) is 0.606. The van der Waals surface area contributed by atoms with Gasteiger partial charge in [-0.25, -0.2) is 0 Å². The number of hydrogen-bond donors (Lipinski definition) is 2. The number of nitrogens with one attached hydrogen (secondary N) is 2. The van der Waals surface area contributed by atoms with Crippen LogP contribution < -0.4 is 10.9 Å². The Morgan fingerprint density at radius 2 is 1.97 bits per heavy atom. The lowest BCUT2D eigenvalue weighted by atomic mass is 9.95. The molecule has 0 saturated carbocycles. The SMILES string of the molecule is CNC(=O)c1ccc(C2=C(C)CN(Cc3cnc4c(C)c(C(F)(F)F)c(=O)[nH]c4c3)CC2)cn1. The van der Waals surface area contributed by atoms with Crippen LogP contribution in [0.5, 0.6) is 0 Å². The first-order valence-electron chi connectivity index (χ1n) is 10.8. The van der Waals surface area contributed by atoms with Gasteiger partial charge in [-0.2, -0.15) is 13.2 Å². The van der Waals surface area contributed by atoms with Gasteiger partial charge in [0.15, 0.2) is 0 Å². The zero-order chi connectivity index (χ0) is 24.6. The number of carbonyl (C=O) groups excluding carboxylic acids is 1. The molecule has 1 aliphatic heterocycles. The molecule has 10 heteroatoms. The third kappa shape index (κ3) is 4.58. The predicted molar refractivity (Wildman–Crippen MR) is 122 cm³/mol. The maximum Gasteiger partial charge on any atom is 0.422 e. The van der Waals surface area contributed by atoms with Crippen molar-refractivity contribution in [3.05, 3.63) is 74.5 Å². The summed E-state index contributed by atoms with van der Waals surface area (Å²) in [5.41, 5.74) is 2.39. The van der Waals surface area contributed by atoms with Gasteiger partial charge in [-0.15, -0.1) is 0 Å². The highest BCUT2D eigenvalue weighted by Gasteiger charge is 2.36. The molecule has 0 fully saturated rings. The minimum atomic E-state index is -4.74. The van der Waals surface area contributed by atoms with E-state index in [1.54, 1.807) is 31.6 Å². The average molecular weight is 471 g/mol. The lowest BCUT2D eigenvalue weighted by Crippen LogP contribution is -2.30. The molecule has 0 aromatic carbocycles. The van der Waals surface area contributed by atoms with Crippen molar-refractivity contribution in [2.75, 3.05) is 20.1 Å². The van der Waals surface area contributed by atoms with Gasteiger partial charge >= 0.3 is 6.18 Å². The summed E-state index contributed by atoms with van der Waals surface area (Å²) in [6, 6.07) is 5.29. The van der Waals surface area contributed by atoms with E-state index < -0.39 is 17.3 Å². The molecule has 1 amide bonds. The van der Waals surface area contributed by atoms with Crippen molar-refractivity contribution in [2.24, 2.45) is 0 Å². The highest BCUT2D eigenvalue weighted by Crippen LogP contribution is 2.32. The second kappa shape index (κ2) is 9.02. The molecule has 3 aromatic heterocycles. The van der Waals surface area contributed by atoms with Gasteiger partial charge in [0.05, 0.1) is 11.0 Å². The number of pyridine rings is 3. The minimum absolute atomic E-state index is 0.139. The van der Waals surface area contributed by atoms with Crippen LogP contribution in [0.3, 0.4) is 0 Å². The number of rotatable bonds is 4. The number of carbonyl (C=O) groups is 1. The van der Waals surface area contributed by atoms with E-state index in [0.29, 0.717) is 24.3 Å². The topological polar surface area (TPSA) is 91.0 Å². The van der Waals surface area contributed by atoms with E-state index in [4.69, 9.17) is 0 Å². The number of hydrogen-bond acceptors (Lipinski definition) is 5. The number of aryl methyl sites for hydroxylation is 1. The lowest BCUT2D eigenvalue weighted by Gasteiger charge is -2.30. The summed E-state index contributed by atoms with van der Waals surface area (Å²) in [5, 5.41) is 2.55. The second-order valence-corrected chi connectivity index (χ2v) is 8.42. The van der Waals surface area contributed by atoms with Crippen LogP contribution in [0, 0.1) is 6.92 Å². The Balaban J connectivity index is 1.53. The summed E-state index contributed by atoms with van der Waals surface area (Å²) in [4.78, 5) is 36.8. The van der Waals surface area contributed by atoms with E-state index >= 15 is 0 Å². The number of amides is 1. The maximum absolute atomic E-state index is 13.2. The van der Waals surface area contributed by atoms with Crippen LogP contribution in [0.4, 0.5) is 13.2 Å². The Hall–Kier alpha value is -3.53. The van der Waals surface area contributed by atoms with Crippen LogP contribution in [0.1, 0.15) is 46.1 Å². The van der Waals surface area contributed by atoms with Gasteiger partial charge < -0.3 is 10.3 Å². The van der Waals surface area contributed by atoms with Crippen molar-refractivity contribution in [3.8, 4) is 0 Å². The van der Waals surface area contributed by atoms with E-state index in [-0.39, 0.29) is 17.0 Å². The minimum Gasteiger partial charge on any atom is -0.354 e. The van der Waals surface area contributed by atoms with Crippen LogP contribution in [0.2, 0.25) is 0 Å². The Kier molecular flexibility index (Phi) is 6.26. The van der Waals surface area contributed by atoms with Crippen LogP contribution >= 0.6 is 0 Å². The molecule has 0 unspecified atom stereocenters. The fourth-order valence-electron chi connectivity index (χ4n) is 4.42. The molecule has 1 aliphatic rings. The van der Waals surface area contributed by atoms with Gasteiger partial charge in [-0.1, -0.05) is 11.6 Å². The highest BCUT2D eigenvalue weighted by atomic mass is 19.4. The van der Waals surface area contributed by atoms with Crippen LogP contribution in [-0.2, 0) is 12.7 Å². The van der Waals surface area contributed by atoms with Gasteiger partial charge in [-0.05, 0) is 54.7 Å². The number of fused-ring (bicyclic) bond motifs is 1. The van der Waals surface area contributed by atoms with Crippen molar-refractivity contribution in [3.63, 3.8) is 0 Å². The molecule has 7 nitrogen and oxygen atoms in total. The largest absolute Gasteiger partial charge is 0.422 e. The van der Waals surface area contributed by atoms with Crippen molar-refractivity contribution in [1.82, 2.24) is 25.2 Å². The Morgan fingerprint density at radius 3 is 2.59 bits per heavy atom. The van der Waals surface area contributed by atoms with Gasteiger partial charge in [0.2, 0.25) is 0 Å². The molecular formula is C24H24F3N5O2. The molecule has 0 aliphatic carbocycles. The molecular weight excluding hydrogens is 447 g/mol. The van der Waals surface area contributed by atoms with E-state index in [2.05, 4.69) is 25.2 Å². The number of alkyl halides is 3. The van der Waals surface area contributed by atoms with Gasteiger partial charge in [0, 0.05) is 39.1 Å². The van der Waals surface area contributed by atoms with Gasteiger partial charge in [-0.3, -0.25) is 24.5 Å². The van der Waals surface area contributed by atoms with Crippen molar-refractivity contribution < 1.29 is 18.0 Å². The van der Waals surface area contributed by atoms with Crippen molar-refractivity contribution in [2.45, 2.75) is 33.0 Å². The summed E-state index contributed by atoms with van der Waals surface area (Å²) in [6.45, 7) is 5.33. The molecule has 4 rings (SSSR count). The first-order valence-corrected chi connectivity index (χ1v) is 10.8. The molecule has 0 spiro atoms. The number of H-pyrrole nitrogens is 1. The Morgan fingerprint density at radius 1 is 1.21 bits per heavy atom. The fourth-order valence-corrected chi connectivity index (χ4v) is 4.42. The van der Waals surface area contributed by atoms with Gasteiger partial charge in [0.1, 0.15) is 11.3 Å². The first kappa shape index (κ1) is 23.6. The van der Waals surface area contributed by atoms with E-state index in [1.807, 2.05) is 13.0 Å². The molecule has 0 bridgehead atoms. The summed E-state index contributed by atoms with van der Waals surface area (Å²) in [5.74, 6) is -0.234. The zero-order valence-corrected chi connectivity index (χ0v) is 19.0. The average Bonchev–Trinajstić information content (AvgIpc) is 2.77. The zero-order valence-electron chi connectivity index (χ0n) is 19.0. The van der Waals surface area contributed by atoms with Crippen molar-refractivity contribution >= 4 is 22.5 Å². The number of aromatic nitrogens is 3. The molecule has 0 saturated heterocycles. The number of aromatic amines is 1. The predicted octanol–water partition coefficient (Wildman–Crippen LogP) is 3.68. The molecule has 4 heterocycles. The standard InChI is InChI=1S/C24H24F3N5O2/c1-13-11-32(7-6-17(13)16-4-5-18(29-10-16)22(33)28-3)12-15-8-19-21(30-9-15)14(2)20(23(34)31-19)24(25,26)27/h4-5,8-10H,6-7,11-12H2,1-3H3,(H,28,33)(H,31,34).